The number of benzene rings is 1. The molecular weight excluding hydrogens is 286 g/mol. The molecule has 1 N–H and O–H groups in total. The fraction of sp³-hybridized carbons (Fsp3) is 0.200. The molecule has 0 aliphatic heterocycles. The number of Topliss-reactive ketones (excluding diaryl/α,β-unsaturated/α-hetero) is 1. The monoisotopic (exact) mass is 292 g/mol. The Morgan fingerprint density at radius 2 is 2.00 bits per heavy atom. The molecule has 16 heavy (non-hydrogen) atoms. The quantitative estimate of drug-likeness (QED) is 0.685. The van der Waals surface area contributed by atoms with Gasteiger partial charge in [-0.2, -0.15) is 0 Å². The molecule has 1 unspecified atom stereocenters. The number of carboxylic acid groups (broad SMARTS) is 1. The Kier molecular flexibility index (Phi) is 4.12. The number of alkyl halides is 1. The third kappa shape index (κ3) is 3.10. The molecule has 0 saturated carbocycles. The molecule has 0 bridgehead atoms. The smallest absolute Gasteiger partial charge is 0.304 e. The van der Waals surface area contributed by atoms with E-state index >= 15 is 0 Å². The molecule has 0 radical (unpaired) electrons. The topological polar surface area (TPSA) is 54.4 Å². The van der Waals surface area contributed by atoms with E-state index in [0.717, 1.165) is 18.2 Å². The lowest BCUT2D eigenvalue weighted by Gasteiger charge is -2.07. The Morgan fingerprint density at radius 1 is 1.38 bits per heavy atom. The fourth-order valence-electron chi connectivity index (χ4n) is 1.10. The molecule has 0 fully saturated rings. The summed E-state index contributed by atoms with van der Waals surface area (Å²) in [5, 5.41) is 8.45. The summed E-state index contributed by atoms with van der Waals surface area (Å²) >= 11 is 2.82. The van der Waals surface area contributed by atoms with Crippen molar-refractivity contribution in [1.82, 2.24) is 0 Å². The minimum Gasteiger partial charge on any atom is -0.481 e. The summed E-state index contributed by atoms with van der Waals surface area (Å²) in [5.74, 6) is -3.62. The highest BCUT2D eigenvalue weighted by Gasteiger charge is 2.23. The maximum absolute atomic E-state index is 13.2. The van der Waals surface area contributed by atoms with Gasteiger partial charge < -0.3 is 5.11 Å². The van der Waals surface area contributed by atoms with Crippen molar-refractivity contribution < 1.29 is 23.5 Å². The summed E-state index contributed by atoms with van der Waals surface area (Å²) in [6.45, 7) is 0. The van der Waals surface area contributed by atoms with Gasteiger partial charge in [0.15, 0.2) is 5.78 Å². The van der Waals surface area contributed by atoms with E-state index in [2.05, 4.69) is 15.9 Å². The van der Waals surface area contributed by atoms with Crippen molar-refractivity contribution >= 4 is 27.7 Å². The number of carbonyl (C=O) groups is 2. The van der Waals surface area contributed by atoms with Crippen molar-refractivity contribution in [3.05, 3.63) is 35.4 Å². The van der Waals surface area contributed by atoms with Crippen LogP contribution < -0.4 is 0 Å². The molecule has 0 amide bonds. The van der Waals surface area contributed by atoms with Gasteiger partial charge in [0.1, 0.15) is 11.6 Å². The van der Waals surface area contributed by atoms with Gasteiger partial charge in [0.2, 0.25) is 0 Å². The lowest BCUT2D eigenvalue weighted by molar-refractivity contribution is -0.136. The molecule has 1 aromatic carbocycles. The molecule has 0 aliphatic carbocycles. The largest absolute Gasteiger partial charge is 0.481 e. The van der Waals surface area contributed by atoms with Gasteiger partial charge in [-0.05, 0) is 18.2 Å². The first-order valence-electron chi connectivity index (χ1n) is 4.27. The molecule has 0 aromatic heterocycles. The second kappa shape index (κ2) is 5.16. The summed E-state index contributed by atoms with van der Waals surface area (Å²) in [4.78, 5) is 20.8. The fourth-order valence-corrected chi connectivity index (χ4v) is 1.62. The molecule has 0 saturated heterocycles. The average Bonchev–Trinajstić information content (AvgIpc) is 2.19. The minimum absolute atomic E-state index is 0.455. The average molecular weight is 293 g/mol. The van der Waals surface area contributed by atoms with Gasteiger partial charge in [0, 0.05) is 0 Å². The van der Waals surface area contributed by atoms with E-state index in [9.17, 15) is 18.4 Å². The molecule has 1 rings (SSSR count). The molecular formula is C10H7BrF2O3. The van der Waals surface area contributed by atoms with E-state index < -0.39 is 40.2 Å². The zero-order chi connectivity index (χ0) is 12.3. The number of aliphatic carboxylic acids is 1. The lowest BCUT2D eigenvalue weighted by atomic mass is 10.1. The van der Waals surface area contributed by atoms with Gasteiger partial charge in [-0.25, -0.2) is 8.78 Å². The number of hydrogen-bond acceptors (Lipinski definition) is 2. The van der Waals surface area contributed by atoms with Crippen molar-refractivity contribution in [3.63, 3.8) is 0 Å². The zero-order valence-electron chi connectivity index (χ0n) is 7.91. The number of hydrogen-bond donors (Lipinski definition) is 1. The molecule has 86 valence electrons. The predicted octanol–water partition coefficient (Wildman–Crippen LogP) is 2.39. The van der Waals surface area contributed by atoms with Crippen LogP contribution >= 0.6 is 15.9 Å². The highest BCUT2D eigenvalue weighted by molar-refractivity contribution is 9.10. The Bertz CT molecular complexity index is 434. The third-order valence-corrected chi connectivity index (χ3v) is 2.57. The van der Waals surface area contributed by atoms with Crippen LogP contribution in [0.25, 0.3) is 0 Å². The van der Waals surface area contributed by atoms with Crippen molar-refractivity contribution in [2.24, 2.45) is 0 Å². The Balaban J connectivity index is 2.95. The summed E-state index contributed by atoms with van der Waals surface area (Å²) in [6, 6.07) is 2.45. The summed E-state index contributed by atoms with van der Waals surface area (Å²) in [7, 11) is 0. The first-order valence-corrected chi connectivity index (χ1v) is 5.18. The van der Waals surface area contributed by atoms with Crippen LogP contribution in [0.15, 0.2) is 18.2 Å². The number of rotatable bonds is 4. The third-order valence-electron chi connectivity index (χ3n) is 1.83. The van der Waals surface area contributed by atoms with Gasteiger partial charge in [-0.1, -0.05) is 15.9 Å². The van der Waals surface area contributed by atoms with E-state index in [0.29, 0.717) is 0 Å². The van der Waals surface area contributed by atoms with Crippen LogP contribution in [-0.4, -0.2) is 21.7 Å². The van der Waals surface area contributed by atoms with Crippen molar-refractivity contribution in [1.29, 1.82) is 0 Å². The zero-order valence-corrected chi connectivity index (χ0v) is 9.50. The normalized spacial score (nSPS) is 12.2. The molecule has 0 spiro atoms. The highest BCUT2D eigenvalue weighted by Crippen LogP contribution is 2.17. The maximum Gasteiger partial charge on any atom is 0.304 e. The van der Waals surface area contributed by atoms with Crippen LogP contribution in [-0.2, 0) is 4.79 Å². The van der Waals surface area contributed by atoms with Gasteiger partial charge >= 0.3 is 5.97 Å². The molecule has 1 atom stereocenters. The van der Waals surface area contributed by atoms with Gasteiger partial charge in [0.05, 0.1) is 16.8 Å². The molecule has 6 heteroatoms. The summed E-state index contributed by atoms with van der Waals surface area (Å²) in [5.41, 5.74) is -0.455. The van der Waals surface area contributed by atoms with Gasteiger partial charge in [0.25, 0.3) is 0 Å². The molecule has 0 heterocycles. The van der Waals surface area contributed by atoms with E-state index in [1.807, 2.05) is 0 Å². The van der Waals surface area contributed by atoms with Crippen molar-refractivity contribution in [3.8, 4) is 0 Å². The standard InChI is InChI=1S/C10H7BrF2O3/c11-7(4-9(14)15)10(16)6-3-5(12)1-2-8(6)13/h1-3,7H,4H2,(H,14,15). The Labute approximate surface area is 98.2 Å². The Hall–Kier alpha value is -1.30. The van der Waals surface area contributed by atoms with Crippen LogP contribution in [0, 0.1) is 11.6 Å². The van der Waals surface area contributed by atoms with Crippen molar-refractivity contribution in [2.45, 2.75) is 11.2 Å². The van der Waals surface area contributed by atoms with E-state index in [1.165, 1.54) is 0 Å². The number of carbonyl (C=O) groups excluding carboxylic acids is 1. The van der Waals surface area contributed by atoms with Crippen LogP contribution in [0.1, 0.15) is 16.8 Å². The first kappa shape index (κ1) is 12.8. The van der Waals surface area contributed by atoms with E-state index in [1.54, 1.807) is 0 Å². The molecule has 0 aliphatic rings. The SMILES string of the molecule is O=C(O)CC(Br)C(=O)c1cc(F)ccc1F. The molecule has 3 nitrogen and oxygen atoms in total. The number of carboxylic acids is 1. The van der Waals surface area contributed by atoms with Gasteiger partial charge in [-0.3, -0.25) is 9.59 Å². The summed E-state index contributed by atoms with van der Waals surface area (Å²) in [6.07, 6.45) is -0.491. The van der Waals surface area contributed by atoms with Crippen LogP contribution in [0.4, 0.5) is 8.78 Å². The second-order valence-electron chi connectivity index (χ2n) is 3.05. The van der Waals surface area contributed by atoms with Gasteiger partial charge in [-0.15, -0.1) is 0 Å². The highest BCUT2D eigenvalue weighted by atomic mass is 79.9. The lowest BCUT2D eigenvalue weighted by Crippen LogP contribution is -2.19. The number of halogens is 3. The van der Waals surface area contributed by atoms with E-state index in [-0.39, 0.29) is 0 Å². The predicted molar refractivity (Wildman–Crippen MR) is 55.7 cm³/mol. The maximum atomic E-state index is 13.2. The first-order chi connectivity index (χ1) is 7.41. The number of ketones is 1. The Morgan fingerprint density at radius 3 is 2.56 bits per heavy atom. The summed E-state index contributed by atoms with van der Waals surface area (Å²) < 4.78 is 25.9. The van der Waals surface area contributed by atoms with Crippen LogP contribution in [0.3, 0.4) is 0 Å². The van der Waals surface area contributed by atoms with Crippen LogP contribution in [0.2, 0.25) is 0 Å². The van der Waals surface area contributed by atoms with E-state index in [4.69, 9.17) is 5.11 Å². The van der Waals surface area contributed by atoms with Crippen LogP contribution in [0.5, 0.6) is 0 Å². The minimum atomic E-state index is -1.20. The second-order valence-corrected chi connectivity index (χ2v) is 4.16. The van der Waals surface area contributed by atoms with Crippen molar-refractivity contribution in [2.75, 3.05) is 0 Å². The molecule has 1 aromatic rings.